The van der Waals surface area contributed by atoms with E-state index in [1.165, 1.54) is 0 Å². The van der Waals surface area contributed by atoms with Crippen molar-refractivity contribution in [1.82, 2.24) is 14.8 Å². The van der Waals surface area contributed by atoms with Crippen LogP contribution in [0.5, 0.6) is 0 Å². The molecular formula is C14H20N4. The number of aromatic nitrogens is 3. The molecule has 0 saturated heterocycles. The summed E-state index contributed by atoms with van der Waals surface area (Å²) in [5, 5.41) is 4.56. The molecule has 0 atom stereocenters. The molecule has 4 nitrogen and oxygen atoms in total. The summed E-state index contributed by atoms with van der Waals surface area (Å²) >= 11 is 0. The first-order chi connectivity index (χ1) is 8.50. The molecule has 2 aromatic heterocycles. The lowest BCUT2D eigenvalue weighted by atomic mass is 10.1. The predicted molar refractivity (Wildman–Crippen MR) is 74.9 cm³/mol. The zero-order valence-electron chi connectivity index (χ0n) is 11.7. The van der Waals surface area contributed by atoms with E-state index in [0.717, 1.165) is 22.8 Å². The third-order valence-corrected chi connectivity index (χ3v) is 2.83. The van der Waals surface area contributed by atoms with Crippen molar-refractivity contribution in [2.75, 3.05) is 19.0 Å². The highest BCUT2D eigenvalue weighted by atomic mass is 15.3. The summed E-state index contributed by atoms with van der Waals surface area (Å²) in [6, 6.07) is 6.51. The molecule has 0 amide bonds. The number of anilines is 1. The highest BCUT2D eigenvalue weighted by molar-refractivity contribution is 5.73. The Morgan fingerprint density at radius 3 is 2.61 bits per heavy atom. The normalized spacial score (nSPS) is 11.0. The minimum absolute atomic E-state index is 0.337. The number of nitrogens with zero attached hydrogens (tertiary/aromatic N) is 4. The molecule has 4 heteroatoms. The van der Waals surface area contributed by atoms with Gasteiger partial charge in [0.25, 0.3) is 0 Å². The van der Waals surface area contributed by atoms with Crippen LogP contribution in [0.15, 0.2) is 24.4 Å². The van der Waals surface area contributed by atoms with E-state index in [4.69, 9.17) is 0 Å². The predicted octanol–water partition coefficient (Wildman–Crippen LogP) is 2.90. The Balaban J connectivity index is 2.62. The van der Waals surface area contributed by atoms with Crippen LogP contribution in [0, 0.1) is 6.92 Å². The first-order valence-electron chi connectivity index (χ1n) is 6.19. The van der Waals surface area contributed by atoms with Crippen molar-refractivity contribution in [3.63, 3.8) is 0 Å². The molecule has 2 heterocycles. The van der Waals surface area contributed by atoms with Gasteiger partial charge in [0, 0.05) is 31.9 Å². The summed E-state index contributed by atoms with van der Waals surface area (Å²) in [6.45, 7) is 6.30. The van der Waals surface area contributed by atoms with Crippen LogP contribution in [0.3, 0.4) is 0 Å². The lowest BCUT2D eigenvalue weighted by Crippen LogP contribution is -2.13. The van der Waals surface area contributed by atoms with Crippen molar-refractivity contribution in [1.29, 1.82) is 0 Å². The van der Waals surface area contributed by atoms with E-state index < -0.39 is 0 Å². The van der Waals surface area contributed by atoms with Gasteiger partial charge < -0.3 is 4.90 Å². The van der Waals surface area contributed by atoms with Gasteiger partial charge in [0.15, 0.2) is 0 Å². The van der Waals surface area contributed by atoms with E-state index in [0.29, 0.717) is 6.04 Å². The minimum atomic E-state index is 0.337. The summed E-state index contributed by atoms with van der Waals surface area (Å²) < 4.78 is 2.05. The molecule has 0 fully saturated rings. The maximum atomic E-state index is 4.56. The molecule has 0 N–H and O–H groups in total. The topological polar surface area (TPSA) is 34.0 Å². The lowest BCUT2D eigenvalue weighted by Gasteiger charge is -2.17. The quantitative estimate of drug-likeness (QED) is 0.832. The summed E-state index contributed by atoms with van der Waals surface area (Å²) in [4.78, 5) is 6.48. The first kappa shape index (κ1) is 12.6. The SMILES string of the molecule is Cc1cc(-c2cccnc2N(C)C)n(C(C)C)n1. The molecule has 2 aromatic rings. The van der Waals surface area contributed by atoms with Gasteiger partial charge in [-0.2, -0.15) is 5.10 Å². The van der Waals surface area contributed by atoms with Crippen molar-refractivity contribution in [2.45, 2.75) is 26.8 Å². The van der Waals surface area contributed by atoms with Crippen LogP contribution in [-0.4, -0.2) is 28.9 Å². The molecule has 0 spiro atoms. The molecule has 0 bridgehead atoms. The van der Waals surface area contributed by atoms with Crippen LogP contribution in [0.4, 0.5) is 5.82 Å². The van der Waals surface area contributed by atoms with Gasteiger partial charge in [-0.05, 0) is 39.0 Å². The van der Waals surface area contributed by atoms with Gasteiger partial charge in [-0.15, -0.1) is 0 Å². The second kappa shape index (κ2) is 4.80. The highest BCUT2D eigenvalue weighted by Crippen LogP contribution is 2.29. The summed E-state index contributed by atoms with van der Waals surface area (Å²) in [5.74, 6) is 0.972. The number of rotatable bonds is 3. The third kappa shape index (κ3) is 2.23. The van der Waals surface area contributed by atoms with E-state index in [2.05, 4.69) is 40.7 Å². The Hall–Kier alpha value is -1.84. The van der Waals surface area contributed by atoms with E-state index in [9.17, 15) is 0 Å². The van der Waals surface area contributed by atoms with E-state index in [1.807, 2.05) is 38.2 Å². The molecule has 0 aromatic carbocycles. The fourth-order valence-electron chi connectivity index (χ4n) is 2.06. The third-order valence-electron chi connectivity index (χ3n) is 2.83. The molecule has 0 unspecified atom stereocenters. The Morgan fingerprint density at radius 2 is 2.00 bits per heavy atom. The maximum Gasteiger partial charge on any atom is 0.137 e. The molecule has 18 heavy (non-hydrogen) atoms. The van der Waals surface area contributed by atoms with Crippen molar-refractivity contribution in [3.05, 3.63) is 30.1 Å². The van der Waals surface area contributed by atoms with Crippen molar-refractivity contribution < 1.29 is 0 Å². The fraction of sp³-hybridized carbons (Fsp3) is 0.429. The van der Waals surface area contributed by atoms with Crippen LogP contribution in [0.1, 0.15) is 25.6 Å². The monoisotopic (exact) mass is 244 g/mol. The van der Waals surface area contributed by atoms with Crippen LogP contribution < -0.4 is 4.90 Å². The average Bonchev–Trinajstić information content (AvgIpc) is 2.71. The van der Waals surface area contributed by atoms with Crippen LogP contribution in [0.2, 0.25) is 0 Å². The van der Waals surface area contributed by atoms with Crippen molar-refractivity contribution >= 4 is 5.82 Å². The largest absolute Gasteiger partial charge is 0.362 e. The lowest BCUT2D eigenvalue weighted by molar-refractivity contribution is 0.535. The molecule has 0 aliphatic heterocycles. The minimum Gasteiger partial charge on any atom is -0.362 e. The van der Waals surface area contributed by atoms with Gasteiger partial charge in [-0.25, -0.2) is 4.98 Å². The Kier molecular flexibility index (Phi) is 3.36. The van der Waals surface area contributed by atoms with Gasteiger partial charge in [0.05, 0.1) is 11.4 Å². The summed E-state index contributed by atoms with van der Waals surface area (Å²) in [7, 11) is 4.02. The van der Waals surface area contributed by atoms with Gasteiger partial charge in [0.2, 0.25) is 0 Å². The van der Waals surface area contributed by atoms with Gasteiger partial charge in [-0.1, -0.05) is 0 Å². The summed E-state index contributed by atoms with van der Waals surface area (Å²) in [6.07, 6.45) is 1.82. The Labute approximate surface area is 108 Å². The summed E-state index contributed by atoms with van der Waals surface area (Å²) in [5.41, 5.74) is 3.28. The van der Waals surface area contributed by atoms with Crippen LogP contribution >= 0.6 is 0 Å². The molecule has 2 rings (SSSR count). The molecule has 0 radical (unpaired) electrons. The van der Waals surface area contributed by atoms with Gasteiger partial charge >= 0.3 is 0 Å². The number of pyridine rings is 1. The smallest absolute Gasteiger partial charge is 0.137 e. The maximum absolute atomic E-state index is 4.56. The van der Waals surface area contributed by atoms with Crippen LogP contribution in [0.25, 0.3) is 11.3 Å². The fourth-order valence-corrected chi connectivity index (χ4v) is 2.06. The van der Waals surface area contributed by atoms with Crippen LogP contribution in [-0.2, 0) is 0 Å². The van der Waals surface area contributed by atoms with Crippen molar-refractivity contribution in [2.24, 2.45) is 0 Å². The average molecular weight is 244 g/mol. The highest BCUT2D eigenvalue weighted by Gasteiger charge is 2.15. The molecule has 0 aliphatic carbocycles. The first-order valence-corrected chi connectivity index (χ1v) is 6.19. The second-order valence-electron chi connectivity index (χ2n) is 4.98. The second-order valence-corrected chi connectivity index (χ2v) is 4.98. The number of hydrogen-bond acceptors (Lipinski definition) is 3. The standard InChI is InChI=1S/C14H20N4/c1-10(2)18-13(9-11(3)16-18)12-7-6-8-15-14(12)17(4)5/h6-10H,1-5H3. The van der Waals surface area contributed by atoms with Gasteiger partial charge in [-0.3, -0.25) is 4.68 Å². The number of aryl methyl sites for hydroxylation is 1. The molecule has 0 aliphatic rings. The zero-order chi connectivity index (χ0) is 13.3. The molecule has 0 saturated carbocycles. The molecular weight excluding hydrogens is 224 g/mol. The Bertz CT molecular complexity index is 540. The Morgan fingerprint density at radius 1 is 1.28 bits per heavy atom. The number of hydrogen-bond donors (Lipinski definition) is 0. The van der Waals surface area contributed by atoms with E-state index in [1.54, 1.807) is 0 Å². The zero-order valence-corrected chi connectivity index (χ0v) is 11.7. The molecule has 96 valence electrons. The van der Waals surface area contributed by atoms with Gasteiger partial charge in [0.1, 0.15) is 5.82 Å². The van der Waals surface area contributed by atoms with E-state index >= 15 is 0 Å². The van der Waals surface area contributed by atoms with E-state index in [-0.39, 0.29) is 0 Å². The van der Waals surface area contributed by atoms with Crippen molar-refractivity contribution in [3.8, 4) is 11.3 Å².